The maximum atomic E-state index is 13.1. The van der Waals surface area contributed by atoms with Crippen LogP contribution in [0.25, 0.3) is 6.08 Å². The first-order chi connectivity index (χ1) is 19.0. The summed E-state index contributed by atoms with van der Waals surface area (Å²) in [5, 5.41) is 2.24. The summed E-state index contributed by atoms with van der Waals surface area (Å²) < 4.78 is 12.5. The number of nitrogens with zero attached hydrogens (tertiary/aromatic N) is 1. The van der Waals surface area contributed by atoms with Crippen LogP contribution in [0, 0.1) is 0 Å². The van der Waals surface area contributed by atoms with Gasteiger partial charge in [0.2, 0.25) is 0 Å². The fourth-order valence-corrected chi connectivity index (χ4v) is 5.20. The number of barbiturate groups is 1. The molecular formula is C31H29BrN2O5. The molecule has 1 aliphatic heterocycles. The highest BCUT2D eigenvalue weighted by Crippen LogP contribution is 2.33. The van der Waals surface area contributed by atoms with Crippen molar-refractivity contribution in [3.05, 3.63) is 94.0 Å². The van der Waals surface area contributed by atoms with Gasteiger partial charge in [-0.25, -0.2) is 9.69 Å². The van der Waals surface area contributed by atoms with Gasteiger partial charge in [0, 0.05) is 4.47 Å². The van der Waals surface area contributed by atoms with E-state index in [4.69, 9.17) is 9.47 Å². The topological polar surface area (TPSA) is 84.9 Å². The number of ether oxygens (including phenoxy) is 2. The van der Waals surface area contributed by atoms with Crippen LogP contribution in [0.15, 0.2) is 82.8 Å². The molecule has 2 fully saturated rings. The van der Waals surface area contributed by atoms with Gasteiger partial charge in [-0.3, -0.25) is 14.9 Å². The molecule has 1 saturated heterocycles. The van der Waals surface area contributed by atoms with Crippen molar-refractivity contribution in [1.29, 1.82) is 0 Å². The van der Waals surface area contributed by atoms with Gasteiger partial charge in [0.05, 0.1) is 5.69 Å². The van der Waals surface area contributed by atoms with Gasteiger partial charge in [-0.15, -0.1) is 0 Å². The SMILES string of the molecule is O=C1NC(=O)N(c2ccc(Br)cc2)C(=O)/C1=C/c1cccc(OCCOc2ccc(C3CCCCC3)cc2)c1. The number of carbonyl (C=O) groups is 3. The lowest BCUT2D eigenvalue weighted by molar-refractivity contribution is -0.122. The summed E-state index contributed by atoms with van der Waals surface area (Å²) >= 11 is 3.33. The van der Waals surface area contributed by atoms with Crippen molar-refractivity contribution in [2.75, 3.05) is 18.1 Å². The molecule has 1 heterocycles. The average Bonchev–Trinajstić information content (AvgIpc) is 2.95. The minimum atomic E-state index is -0.787. The van der Waals surface area contributed by atoms with Crippen molar-refractivity contribution in [2.24, 2.45) is 0 Å². The summed E-state index contributed by atoms with van der Waals surface area (Å²) in [6, 6.07) is 21.3. The Labute approximate surface area is 235 Å². The molecule has 7 nitrogen and oxygen atoms in total. The minimum absolute atomic E-state index is 0.144. The van der Waals surface area contributed by atoms with Crippen molar-refractivity contribution in [3.8, 4) is 11.5 Å². The smallest absolute Gasteiger partial charge is 0.335 e. The van der Waals surface area contributed by atoms with Crippen LogP contribution in [0.4, 0.5) is 10.5 Å². The van der Waals surface area contributed by atoms with E-state index in [9.17, 15) is 14.4 Å². The molecule has 5 rings (SSSR count). The number of urea groups is 1. The third kappa shape index (κ3) is 6.57. The van der Waals surface area contributed by atoms with Gasteiger partial charge in [0.1, 0.15) is 30.3 Å². The van der Waals surface area contributed by atoms with Crippen molar-refractivity contribution in [2.45, 2.75) is 38.0 Å². The third-order valence-electron chi connectivity index (χ3n) is 6.93. The Morgan fingerprint density at radius 2 is 1.54 bits per heavy atom. The molecule has 1 N–H and O–H groups in total. The Morgan fingerprint density at radius 1 is 0.846 bits per heavy atom. The first kappa shape index (κ1) is 26.7. The molecule has 200 valence electrons. The fraction of sp³-hybridized carbons (Fsp3) is 0.258. The molecular weight excluding hydrogens is 560 g/mol. The lowest BCUT2D eigenvalue weighted by atomic mass is 9.84. The molecule has 0 spiro atoms. The molecule has 0 atom stereocenters. The Morgan fingerprint density at radius 3 is 2.26 bits per heavy atom. The van der Waals surface area contributed by atoms with E-state index < -0.39 is 17.8 Å². The Bertz CT molecular complexity index is 1380. The molecule has 39 heavy (non-hydrogen) atoms. The van der Waals surface area contributed by atoms with E-state index in [1.165, 1.54) is 43.7 Å². The van der Waals surface area contributed by atoms with Crippen LogP contribution in [0.1, 0.15) is 49.1 Å². The lowest BCUT2D eigenvalue weighted by Gasteiger charge is -2.26. The molecule has 0 unspecified atom stereocenters. The second-order valence-corrected chi connectivity index (χ2v) is 10.5. The number of hydrogen-bond donors (Lipinski definition) is 1. The van der Waals surface area contributed by atoms with Crippen molar-refractivity contribution in [1.82, 2.24) is 5.32 Å². The first-order valence-electron chi connectivity index (χ1n) is 13.1. The van der Waals surface area contributed by atoms with E-state index in [1.54, 1.807) is 48.5 Å². The summed E-state index contributed by atoms with van der Waals surface area (Å²) in [7, 11) is 0. The zero-order valence-electron chi connectivity index (χ0n) is 21.4. The minimum Gasteiger partial charge on any atom is -0.490 e. The summed E-state index contributed by atoms with van der Waals surface area (Å²) in [4.78, 5) is 38.9. The zero-order chi connectivity index (χ0) is 27.2. The van der Waals surface area contributed by atoms with Crippen LogP contribution < -0.4 is 19.7 Å². The number of anilines is 1. The standard InChI is InChI=1S/C31H29BrN2O5/c32-24-11-13-25(14-12-24)34-30(36)28(29(35)33-31(34)37)20-21-5-4-8-27(19-21)39-18-17-38-26-15-9-23(10-16-26)22-6-2-1-3-7-22/h4-5,8-16,19-20,22H,1-3,6-7,17-18H2,(H,33,35,37)/b28-20+. The molecule has 0 radical (unpaired) electrons. The summed E-state index contributed by atoms with van der Waals surface area (Å²) in [6.45, 7) is 0.703. The molecule has 8 heteroatoms. The monoisotopic (exact) mass is 588 g/mol. The van der Waals surface area contributed by atoms with Gasteiger partial charge < -0.3 is 9.47 Å². The number of carbonyl (C=O) groups excluding carboxylic acids is 3. The summed E-state index contributed by atoms with van der Waals surface area (Å²) in [6.07, 6.45) is 7.96. The molecule has 4 amide bonds. The van der Waals surface area contributed by atoms with Crippen LogP contribution in [0.2, 0.25) is 0 Å². The van der Waals surface area contributed by atoms with E-state index in [0.29, 0.717) is 36.1 Å². The van der Waals surface area contributed by atoms with Crippen LogP contribution in [0.3, 0.4) is 0 Å². The number of imide groups is 2. The maximum Gasteiger partial charge on any atom is 0.335 e. The highest BCUT2D eigenvalue weighted by molar-refractivity contribution is 9.10. The molecule has 1 aliphatic carbocycles. The quantitative estimate of drug-likeness (QED) is 0.181. The van der Waals surface area contributed by atoms with Crippen LogP contribution in [0.5, 0.6) is 11.5 Å². The normalized spacial score (nSPS) is 17.3. The Kier molecular flexibility index (Phi) is 8.42. The summed E-state index contributed by atoms with van der Waals surface area (Å²) in [5.41, 5.74) is 2.20. The van der Waals surface area contributed by atoms with Crippen LogP contribution in [-0.4, -0.2) is 31.1 Å². The third-order valence-corrected chi connectivity index (χ3v) is 7.46. The predicted molar refractivity (Wildman–Crippen MR) is 153 cm³/mol. The van der Waals surface area contributed by atoms with E-state index in [0.717, 1.165) is 15.1 Å². The summed E-state index contributed by atoms with van der Waals surface area (Å²) in [5.74, 6) is 0.610. The first-order valence-corrected chi connectivity index (χ1v) is 13.9. The van der Waals surface area contributed by atoms with Gasteiger partial charge in [-0.2, -0.15) is 0 Å². The molecule has 3 aromatic carbocycles. The van der Waals surface area contributed by atoms with Gasteiger partial charge in [-0.1, -0.05) is 59.5 Å². The van der Waals surface area contributed by atoms with E-state index in [-0.39, 0.29) is 5.57 Å². The molecule has 1 saturated carbocycles. The predicted octanol–water partition coefficient (Wildman–Crippen LogP) is 6.62. The van der Waals surface area contributed by atoms with Gasteiger partial charge in [0.15, 0.2) is 0 Å². The van der Waals surface area contributed by atoms with Crippen molar-refractivity contribution in [3.63, 3.8) is 0 Å². The average molecular weight is 589 g/mol. The number of amides is 4. The Balaban J connectivity index is 1.18. The zero-order valence-corrected chi connectivity index (χ0v) is 23.0. The van der Waals surface area contributed by atoms with Crippen LogP contribution in [-0.2, 0) is 9.59 Å². The fourth-order valence-electron chi connectivity index (χ4n) is 4.93. The van der Waals surface area contributed by atoms with Crippen molar-refractivity contribution < 1.29 is 23.9 Å². The van der Waals surface area contributed by atoms with Crippen LogP contribution >= 0.6 is 15.9 Å². The Hall–Kier alpha value is -3.91. The van der Waals surface area contributed by atoms with Crippen molar-refractivity contribution >= 4 is 45.5 Å². The second-order valence-electron chi connectivity index (χ2n) is 9.61. The van der Waals surface area contributed by atoms with Gasteiger partial charge in [-0.05, 0) is 84.5 Å². The maximum absolute atomic E-state index is 13.1. The van der Waals surface area contributed by atoms with Gasteiger partial charge >= 0.3 is 6.03 Å². The molecule has 0 aromatic heterocycles. The number of halogens is 1. The molecule has 3 aromatic rings. The largest absolute Gasteiger partial charge is 0.490 e. The highest BCUT2D eigenvalue weighted by atomic mass is 79.9. The molecule has 0 bridgehead atoms. The second kappa shape index (κ2) is 12.3. The van der Waals surface area contributed by atoms with E-state index in [2.05, 4.69) is 33.4 Å². The van der Waals surface area contributed by atoms with E-state index in [1.807, 2.05) is 12.1 Å². The molecule has 2 aliphatic rings. The van der Waals surface area contributed by atoms with E-state index >= 15 is 0 Å². The highest BCUT2D eigenvalue weighted by Gasteiger charge is 2.36. The van der Waals surface area contributed by atoms with Gasteiger partial charge in [0.25, 0.3) is 11.8 Å². The number of benzene rings is 3. The lowest BCUT2D eigenvalue weighted by Crippen LogP contribution is -2.54. The number of rotatable bonds is 8. The number of nitrogens with one attached hydrogen (secondary N) is 1. The number of hydrogen-bond acceptors (Lipinski definition) is 5.